The first-order chi connectivity index (χ1) is 9.48. The van der Waals surface area contributed by atoms with E-state index in [1.807, 2.05) is 18.2 Å². The van der Waals surface area contributed by atoms with Crippen molar-refractivity contribution in [3.63, 3.8) is 0 Å². The number of carbonyl (C=O) groups is 1. The molecule has 1 aromatic heterocycles. The highest BCUT2D eigenvalue weighted by Crippen LogP contribution is 2.41. The molecule has 1 aliphatic rings. The molecule has 1 aromatic carbocycles. The lowest BCUT2D eigenvalue weighted by Gasteiger charge is -2.36. The van der Waals surface area contributed by atoms with Gasteiger partial charge in [-0.2, -0.15) is 0 Å². The van der Waals surface area contributed by atoms with Crippen molar-refractivity contribution >= 4 is 16.8 Å². The molecule has 0 saturated heterocycles. The Bertz CT molecular complexity index is 603. The van der Waals surface area contributed by atoms with E-state index < -0.39 is 0 Å². The van der Waals surface area contributed by atoms with Gasteiger partial charge in [0.2, 0.25) is 0 Å². The Kier molecular flexibility index (Phi) is 3.19. The highest BCUT2D eigenvalue weighted by molar-refractivity contribution is 5.84. The highest BCUT2D eigenvalue weighted by atomic mass is 16.3. The van der Waals surface area contributed by atoms with Crippen LogP contribution in [0.5, 0.6) is 0 Å². The molecule has 0 spiro atoms. The van der Waals surface area contributed by atoms with Gasteiger partial charge in [-0.1, -0.05) is 39.0 Å². The summed E-state index contributed by atoms with van der Waals surface area (Å²) < 4.78 is 6.01. The molecule has 2 unspecified atom stereocenters. The molecule has 3 rings (SSSR count). The number of fused-ring (bicyclic) bond motifs is 1. The van der Waals surface area contributed by atoms with Gasteiger partial charge in [0.1, 0.15) is 17.1 Å². The third-order valence-corrected chi connectivity index (χ3v) is 4.82. The number of para-hydroxylation sites is 1. The maximum absolute atomic E-state index is 12.4. The van der Waals surface area contributed by atoms with Crippen LogP contribution in [0.1, 0.15) is 45.8 Å². The van der Waals surface area contributed by atoms with Gasteiger partial charge in [0, 0.05) is 23.1 Å². The maximum Gasteiger partial charge on any atom is 0.137 e. The van der Waals surface area contributed by atoms with Gasteiger partial charge in [0.25, 0.3) is 0 Å². The summed E-state index contributed by atoms with van der Waals surface area (Å²) in [4.78, 5) is 12.4. The van der Waals surface area contributed by atoms with E-state index in [2.05, 4.69) is 32.9 Å². The molecular weight excluding hydrogens is 248 g/mol. The average Bonchev–Trinajstić information content (AvgIpc) is 2.82. The number of furan rings is 1. The van der Waals surface area contributed by atoms with Crippen LogP contribution in [0.4, 0.5) is 0 Å². The van der Waals surface area contributed by atoms with Crippen molar-refractivity contribution in [1.29, 1.82) is 0 Å². The molecule has 2 atom stereocenters. The minimum Gasteiger partial charge on any atom is -0.460 e. The minimum absolute atomic E-state index is 0.0827. The Balaban J connectivity index is 1.96. The summed E-state index contributed by atoms with van der Waals surface area (Å²) >= 11 is 0. The van der Waals surface area contributed by atoms with Crippen LogP contribution in [0.25, 0.3) is 11.0 Å². The Labute approximate surface area is 120 Å². The Hall–Kier alpha value is -1.57. The van der Waals surface area contributed by atoms with Crippen LogP contribution in [0.15, 0.2) is 34.7 Å². The summed E-state index contributed by atoms with van der Waals surface area (Å²) in [6.45, 7) is 6.45. The second kappa shape index (κ2) is 4.76. The lowest BCUT2D eigenvalue weighted by atomic mass is 9.67. The van der Waals surface area contributed by atoms with E-state index in [0.717, 1.165) is 29.6 Å². The van der Waals surface area contributed by atoms with Crippen LogP contribution in [0.2, 0.25) is 0 Å². The summed E-state index contributed by atoms with van der Waals surface area (Å²) in [6, 6.07) is 10.1. The van der Waals surface area contributed by atoms with E-state index >= 15 is 0 Å². The van der Waals surface area contributed by atoms with E-state index in [9.17, 15) is 4.79 Å². The maximum atomic E-state index is 12.4. The fourth-order valence-corrected chi connectivity index (χ4v) is 3.43. The highest BCUT2D eigenvalue weighted by Gasteiger charge is 2.41. The Morgan fingerprint density at radius 1 is 1.20 bits per heavy atom. The molecule has 106 valence electrons. The summed E-state index contributed by atoms with van der Waals surface area (Å²) in [5.74, 6) is 1.95. The van der Waals surface area contributed by atoms with Crippen molar-refractivity contribution in [1.82, 2.24) is 0 Å². The molecule has 1 saturated carbocycles. The predicted molar refractivity (Wildman–Crippen MR) is 80.8 cm³/mol. The standard InChI is InChI=1S/C18H22O2/c1-12-8-9-14(15(19)10-12)18(2,3)17-11-13-6-4-5-7-16(13)20-17/h4-7,11-12,14H,8-10H2,1-3H3. The second-order valence-corrected chi connectivity index (χ2v) is 6.78. The van der Waals surface area contributed by atoms with Gasteiger partial charge in [-0.3, -0.25) is 4.79 Å². The number of rotatable bonds is 2. The fraction of sp³-hybridized carbons (Fsp3) is 0.500. The minimum atomic E-state index is -0.226. The SMILES string of the molecule is CC1CCC(C(C)(C)c2cc3ccccc3o2)C(=O)C1. The molecule has 0 amide bonds. The van der Waals surface area contributed by atoms with Gasteiger partial charge < -0.3 is 4.42 Å². The molecule has 1 aliphatic carbocycles. The molecule has 20 heavy (non-hydrogen) atoms. The zero-order valence-corrected chi connectivity index (χ0v) is 12.5. The van der Waals surface area contributed by atoms with Gasteiger partial charge >= 0.3 is 0 Å². The van der Waals surface area contributed by atoms with Gasteiger partial charge in [0.15, 0.2) is 0 Å². The van der Waals surface area contributed by atoms with Crippen molar-refractivity contribution in [2.75, 3.05) is 0 Å². The molecular formula is C18H22O2. The number of benzene rings is 1. The summed E-state index contributed by atoms with van der Waals surface area (Å²) in [7, 11) is 0. The van der Waals surface area contributed by atoms with E-state index in [0.29, 0.717) is 18.1 Å². The molecule has 2 heteroatoms. The van der Waals surface area contributed by atoms with Gasteiger partial charge in [-0.25, -0.2) is 0 Å². The van der Waals surface area contributed by atoms with Crippen molar-refractivity contribution in [2.45, 2.75) is 45.4 Å². The number of ketones is 1. The molecule has 0 aliphatic heterocycles. The summed E-state index contributed by atoms with van der Waals surface area (Å²) in [6.07, 6.45) is 2.83. The topological polar surface area (TPSA) is 30.2 Å². The van der Waals surface area contributed by atoms with Gasteiger partial charge in [-0.05, 0) is 30.9 Å². The van der Waals surface area contributed by atoms with Gasteiger partial charge in [-0.15, -0.1) is 0 Å². The van der Waals surface area contributed by atoms with E-state index in [1.165, 1.54) is 0 Å². The molecule has 0 radical (unpaired) electrons. The molecule has 2 nitrogen and oxygen atoms in total. The number of hydrogen-bond acceptors (Lipinski definition) is 2. The third kappa shape index (κ3) is 2.17. The predicted octanol–water partition coefficient (Wildman–Crippen LogP) is 4.72. The molecule has 1 fully saturated rings. The molecule has 0 N–H and O–H groups in total. The second-order valence-electron chi connectivity index (χ2n) is 6.78. The van der Waals surface area contributed by atoms with Crippen molar-refractivity contribution in [2.24, 2.45) is 11.8 Å². The first-order valence-corrected chi connectivity index (χ1v) is 7.50. The first-order valence-electron chi connectivity index (χ1n) is 7.50. The first kappa shape index (κ1) is 13.4. The monoisotopic (exact) mass is 270 g/mol. The van der Waals surface area contributed by atoms with Crippen molar-refractivity contribution in [3.05, 3.63) is 36.1 Å². The smallest absolute Gasteiger partial charge is 0.137 e. The number of hydrogen-bond donors (Lipinski definition) is 0. The largest absolute Gasteiger partial charge is 0.460 e. The lowest BCUT2D eigenvalue weighted by molar-refractivity contribution is -0.128. The summed E-state index contributed by atoms with van der Waals surface area (Å²) in [5, 5.41) is 1.12. The molecule has 1 heterocycles. The van der Waals surface area contributed by atoms with Crippen LogP contribution >= 0.6 is 0 Å². The average molecular weight is 270 g/mol. The fourth-order valence-electron chi connectivity index (χ4n) is 3.43. The quantitative estimate of drug-likeness (QED) is 0.790. The van der Waals surface area contributed by atoms with E-state index in [-0.39, 0.29) is 11.3 Å². The van der Waals surface area contributed by atoms with E-state index in [1.54, 1.807) is 0 Å². The normalized spacial score (nSPS) is 24.2. The van der Waals surface area contributed by atoms with Crippen molar-refractivity contribution < 1.29 is 9.21 Å². The number of Topliss-reactive ketones (excluding diaryl/α,β-unsaturated/α-hetero) is 1. The Morgan fingerprint density at radius 3 is 2.65 bits per heavy atom. The molecule has 2 aromatic rings. The Morgan fingerprint density at radius 2 is 1.95 bits per heavy atom. The van der Waals surface area contributed by atoms with Crippen LogP contribution in [-0.2, 0) is 10.2 Å². The lowest BCUT2D eigenvalue weighted by Crippen LogP contribution is -2.38. The van der Waals surface area contributed by atoms with Gasteiger partial charge in [0.05, 0.1) is 0 Å². The molecule has 0 bridgehead atoms. The summed E-state index contributed by atoms with van der Waals surface area (Å²) in [5.41, 5.74) is 0.683. The van der Waals surface area contributed by atoms with Crippen LogP contribution in [-0.4, -0.2) is 5.78 Å². The van der Waals surface area contributed by atoms with Crippen molar-refractivity contribution in [3.8, 4) is 0 Å². The zero-order chi connectivity index (χ0) is 14.3. The van der Waals surface area contributed by atoms with Crippen LogP contribution < -0.4 is 0 Å². The third-order valence-electron chi connectivity index (χ3n) is 4.82. The zero-order valence-electron chi connectivity index (χ0n) is 12.5. The van der Waals surface area contributed by atoms with Crippen LogP contribution in [0, 0.1) is 11.8 Å². The van der Waals surface area contributed by atoms with E-state index in [4.69, 9.17) is 4.42 Å². The van der Waals surface area contributed by atoms with Crippen LogP contribution in [0.3, 0.4) is 0 Å². The number of carbonyl (C=O) groups excluding carboxylic acids is 1.